The maximum Gasteiger partial charge on any atom is 0.256 e. The molecule has 0 radical (unpaired) electrons. The summed E-state index contributed by atoms with van der Waals surface area (Å²) in [5.41, 5.74) is 2.64. The van der Waals surface area contributed by atoms with Crippen molar-refractivity contribution in [1.29, 1.82) is 0 Å². The highest BCUT2D eigenvalue weighted by Gasteiger charge is 2.13. The van der Waals surface area contributed by atoms with Crippen molar-refractivity contribution in [3.63, 3.8) is 0 Å². The molecule has 0 saturated carbocycles. The zero-order chi connectivity index (χ0) is 12.8. The van der Waals surface area contributed by atoms with Crippen molar-refractivity contribution in [2.75, 3.05) is 26.7 Å². The first kappa shape index (κ1) is 13.3. The Hall–Kier alpha value is -1.17. The van der Waals surface area contributed by atoms with Gasteiger partial charge in [-0.15, -0.1) is 0 Å². The minimum Gasteiger partial charge on any atom is -0.470 e. The van der Waals surface area contributed by atoms with Gasteiger partial charge in [0.05, 0.1) is 13.2 Å². The summed E-state index contributed by atoms with van der Waals surface area (Å²) in [4.78, 5) is 5.73. The molecule has 0 bridgehead atoms. The molecule has 0 amide bonds. The van der Waals surface area contributed by atoms with E-state index in [9.17, 15) is 0 Å². The molecule has 0 saturated heterocycles. The number of rotatable bonds is 3. The quantitative estimate of drug-likeness (QED) is 0.839. The summed E-state index contributed by atoms with van der Waals surface area (Å²) >= 11 is 4.91. The lowest BCUT2D eigenvalue weighted by molar-refractivity contribution is -0.169. The molecule has 1 aliphatic heterocycles. The normalized spacial score (nSPS) is 15.6. The van der Waals surface area contributed by atoms with Gasteiger partial charge < -0.3 is 10.1 Å². The van der Waals surface area contributed by atoms with Gasteiger partial charge >= 0.3 is 0 Å². The highest BCUT2D eigenvalue weighted by molar-refractivity contribution is 7.80. The second-order valence-corrected chi connectivity index (χ2v) is 4.48. The number of benzene rings is 1. The average molecular weight is 266 g/mol. The van der Waals surface area contributed by atoms with Gasteiger partial charge in [-0.05, 0) is 29.8 Å². The van der Waals surface area contributed by atoms with E-state index in [4.69, 9.17) is 21.8 Å². The fourth-order valence-electron chi connectivity index (χ4n) is 1.90. The first-order chi connectivity index (χ1) is 8.79. The van der Waals surface area contributed by atoms with Crippen molar-refractivity contribution in [2.45, 2.75) is 13.0 Å². The highest BCUT2D eigenvalue weighted by atomic mass is 32.1. The van der Waals surface area contributed by atoms with Gasteiger partial charge in [-0.3, -0.25) is 4.84 Å². The lowest BCUT2D eigenvalue weighted by atomic mass is 10.1. The predicted molar refractivity (Wildman–Crippen MR) is 74.1 cm³/mol. The molecule has 0 atom stereocenters. The summed E-state index contributed by atoms with van der Waals surface area (Å²) in [7, 11) is 1.75. The smallest absolute Gasteiger partial charge is 0.256 e. The Morgan fingerprint density at radius 3 is 3.00 bits per heavy atom. The molecule has 1 heterocycles. The van der Waals surface area contributed by atoms with E-state index in [0.717, 1.165) is 19.5 Å². The lowest BCUT2D eigenvalue weighted by Crippen LogP contribution is -2.30. The molecule has 0 spiro atoms. The van der Waals surface area contributed by atoms with Crippen LogP contribution in [-0.2, 0) is 22.6 Å². The zero-order valence-corrected chi connectivity index (χ0v) is 11.3. The zero-order valence-electron chi connectivity index (χ0n) is 10.5. The number of hydrogen-bond acceptors (Lipinski definition) is 4. The van der Waals surface area contributed by atoms with Gasteiger partial charge in [-0.25, -0.2) is 0 Å². The Bertz CT molecular complexity index is 385. The van der Waals surface area contributed by atoms with Crippen LogP contribution in [0.1, 0.15) is 11.1 Å². The van der Waals surface area contributed by atoms with Crippen molar-refractivity contribution in [3.8, 4) is 0 Å². The first-order valence-corrected chi connectivity index (χ1v) is 6.49. The molecule has 0 unspecified atom stereocenters. The maximum atomic E-state index is 5.73. The van der Waals surface area contributed by atoms with Crippen molar-refractivity contribution in [2.24, 2.45) is 0 Å². The van der Waals surface area contributed by atoms with Crippen LogP contribution in [0.4, 0.5) is 0 Å². The van der Waals surface area contributed by atoms with Crippen LogP contribution < -0.4 is 5.32 Å². The molecular formula is C13H18N2O2S. The minimum atomic E-state index is 0.424. The van der Waals surface area contributed by atoms with E-state index in [-0.39, 0.29) is 0 Å². The third kappa shape index (κ3) is 3.66. The molecular weight excluding hydrogens is 248 g/mol. The van der Waals surface area contributed by atoms with Gasteiger partial charge in [-0.1, -0.05) is 24.3 Å². The van der Waals surface area contributed by atoms with Crippen LogP contribution in [0.25, 0.3) is 0 Å². The molecule has 98 valence electrons. The predicted octanol–water partition coefficient (Wildman–Crippen LogP) is 1.50. The Kier molecular flexibility index (Phi) is 4.92. The van der Waals surface area contributed by atoms with Crippen LogP contribution in [0.5, 0.6) is 0 Å². The molecule has 0 aromatic heterocycles. The topological polar surface area (TPSA) is 33.7 Å². The largest absolute Gasteiger partial charge is 0.470 e. The molecule has 1 N–H and O–H groups in total. The van der Waals surface area contributed by atoms with Crippen LogP contribution in [0.3, 0.4) is 0 Å². The summed E-state index contributed by atoms with van der Waals surface area (Å²) in [6, 6.07) is 8.40. The van der Waals surface area contributed by atoms with E-state index in [1.165, 1.54) is 11.1 Å². The summed E-state index contributed by atoms with van der Waals surface area (Å²) in [6.07, 6.45) is 1.01. The second-order valence-electron chi connectivity index (χ2n) is 4.11. The summed E-state index contributed by atoms with van der Waals surface area (Å²) < 4.78 is 5.31. The molecule has 18 heavy (non-hydrogen) atoms. The fraction of sp³-hybridized carbons (Fsp3) is 0.462. The van der Waals surface area contributed by atoms with Crippen molar-refractivity contribution < 1.29 is 9.57 Å². The van der Waals surface area contributed by atoms with Crippen LogP contribution >= 0.6 is 12.2 Å². The number of fused-ring (bicyclic) bond motifs is 1. The highest BCUT2D eigenvalue weighted by Crippen LogP contribution is 2.15. The van der Waals surface area contributed by atoms with Crippen molar-refractivity contribution in [1.82, 2.24) is 10.4 Å². The molecule has 0 fully saturated rings. The van der Waals surface area contributed by atoms with E-state index >= 15 is 0 Å². The van der Waals surface area contributed by atoms with E-state index in [1.807, 2.05) is 11.1 Å². The van der Waals surface area contributed by atoms with Gasteiger partial charge in [0.15, 0.2) is 0 Å². The van der Waals surface area contributed by atoms with Gasteiger partial charge in [-0.2, -0.15) is 5.06 Å². The van der Waals surface area contributed by atoms with Gasteiger partial charge in [0.25, 0.3) is 5.17 Å². The van der Waals surface area contributed by atoms with Crippen LogP contribution in [0.15, 0.2) is 24.3 Å². The molecule has 1 aromatic rings. The monoisotopic (exact) mass is 266 g/mol. The summed E-state index contributed by atoms with van der Waals surface area (Å²) in [6.45, 7) is 2.77. The first-order valence-electron chi connectivity index (χ1n) is 6.09. The standard InChI is InChI=1S/C13H18N2O2S/c1-14-13(18)16-9-8-15-7-6-11-4-2-3-5-12(11)10-17-15/h2-5H,6-10H2,1H3,(H,14,18). The Morgan fingerprint density at radius 2 is 2.22 bits per heavy atom. The fourth-order valence-corrected chi connectivity index (χ4v) is 1.98. The third-order valence-electron chi connectivity index (χ3n) is 2.93. The Balaban J connectivity index is 1.79. The molecule has 1 aliphatic rings. The second kappa shape index (κ2) is 6.68. The number of hydrogen-bond donors (Lipinski definition) is 1. The van der Waals surface area contributed by atoms with Crippen LogP contribution in [-0.4, -0.2) is 37.0 Å². The van der Waals surface area contributed by atoms with Crippen LogP contribution in [0, 0.1) is 0 Å². The SMILES string of the molecule is CNC(=S)OCCN1CCc2ccccc2CO1. The van der Waals surface area contributed by atoms with Crippen molar-refractivity contribution >= 4 is 17.4 Å². The van der Waals surface area contributed by atoms with E-state index in [0.29, 0.717) is 18.4 Å². The van der Waals surface area contributed by atoms with E-state index in [2.05, 4.69) is 23.5 Å². The van der Waals surface area contributed by atoms with Gasteiger partial charge in [0.2, 0.25) is 0 Å². The molecule has 0 aliphatic carbocycles. The minimum absolute atomic E-state index is 0.424. The third-order valence-corrected chi connectivity index (χ3v) is 3.25. The number of hydroxylamine groups is 2. The number of nitrogens with zero attached hydrogens (tertiary/aromatic N) is 1. The number of nitrogens with one attached hydrogen (secondary N) is 1. The summed E-state index contributed by atoms with van der Waals surface area (Å²) in [5.74, 6) is 0. The molecule has 5 heteroatoms. The van der Waals surface area contributed by atoms with E-state index < -0.39 is 0 Å². The lowest BCUT2D eigenvalue weighted by Gasteiger charge is -2.19. The number of thiocarbonyl (C=S) groups is 1. The van der Waals surface area contributed by atoms with Crippen molar-refractivity contribution in [3.05, 3.63) is 35.4 Å². The Morgan fingerprint density at radius 1 is 1.44 bits per heavy atom. The van der Waals surface area contributed by atoms with E-state index in [1.54, 1.807) is 7.05 Å². The summed E-state index contributed by atoms with van der Waals surface area (Å²) in [5, 5.41) is 5.15. The molecule has 2 rings (SSSR count). The Labute approximate surface area is 113 Å². The number of ether oxygens (including phenoxy) is 1. The maximum absolute atomic E-state index is 5.73. The average Bonchev–Trinajstić information content (AvgIpc) is 2.61. The molecule has 4 nitrogen and oxygen atoms in total. The van der Waals surface area contributed by atoms with Gasteiger partial charge in [0, 0.05) is 13.6 Å². The van der Waals surface area contributed by atoms with Crippen LogP contribution in [0.2, 0.25) is 0 Å². The van der Waals surface area contributed by atoms with Gasteiger partial charge in [0.1, 0.15) is 6.61 Å². The molecule has 1 aromatic carbocycles.